The number of carbonyl (C=O) groups excluding carboxylic acids is 1. The van der Waals surface area contributed by atoms with E-state index in [0.717, 1.165) is 5.56 Å². The zero-order chi connectivity index (χ0) is 22.6. The van der Waals surface area contributed by atoms with Crippen LogP contribution in [-0.4, -0.2) is 43.8 Å². The van der Waals surface area contributed by atoms with Crippen molar-refractivity contribution in [2.24, 2.45) is 0 Å². The van der Waals surface area contributed by atoms with Gasteiger partial charge in [0.15, 0.2) is 0 Å². The minimum atomic E-state index is -1.07. The molecule has 0 aliphatic carbocycles. The summed E-state index contributed by atoms with van der Waals surface area (Å²) < 4.78 is 7.08. The fourth-order valence-corrected chi connectivity index (χ4v) is 3.16. The lowest BCUT2D eigenvalue weighted by molar-refractivity contribution is 0.0525. The molecule has 0 aliphatic rings. The van der Waals surface area contributed by atoms with E-state index in [2.05, 4.69) is 15.3 Å². The summed E-state index contributed by atoms with van der Waals surface area (Å²) in [5.74, 6) is -0.990. The molecule has 31 heavy (non-hydrogen) atoms. The summed E-state index contributed by atoms with van der Waals surface area (Å²) in [5.41, 5.74) is 7.51. The minimum absolute atomic E-state index is 0.0790. The maximum absolute atomic E-state index is 12.0. The van der Waals surface area contributed by atoms with Gasteiger partial charge in [-0.25, -0.2) is 19.6 Å². The lowest BCUT2D eigenvalue weighted by atomic mass is 10.1. The Balaban J connectivity index is 2.03. The van der Waals surface area contributed by atoms with E-state index >= 15 is 0 Å². The average molecular weight is 423 g/mol. The van der Waals surface area contributed by atoms with Gasteiger partial charge in [-0.1, -0.05) is 30.3 Å². The van der Waals surface area contributed by atoms with Crippen LogP contribution in [0.3, 0.4) is 0 Å². The van der Waals surface area contributed by atoms with Crippen molar-refractivity contribution in [1.29, 1.82) is 0 Å². The van der Waals surface area contributed by atoms with Crippen molar-refractivity contribution < 1.29 is 19.4 Å². The number of hydrogen-bond donors (Lipinski definition) is 3. The zero-order valence-corrected chi connectivity index (χ0v) is 17.6. The van der Waals surface area contributed by atoms with Crippen LogP contribution < -0.4 is 11.1 Å². The Hall–Kier alpha value is -3.88. The van der Waals surface area contributed by atoms with Gasteiger partial charge in [0.05, 0.1) is 22.6 Å². The Labute approximate surface area is 179 Å². The molecule has 0 saturated heterocycles. The lowest BCUT2D eigenvalue weighted by Crippen LogP contribution is -2.34. The first-order chi connectivity index (χ1) is 14.7. The summed E-state index contributed by atoms with van der Waals surface area (Å²) in [6.45, 7) is 5.85. The van der Waals surface area contributed by atoms with E-state index < -0.39 is 17.7 Å². The van der Waals surface area contributed by atoms with E-state index in [1.54, 1.807) is 37.5 Å². The zero-order valence-electron chi connectivity index (χ0n) is 17.6. The molecular weight excluding hydrogens is 398 g/mol. The number of alkyl carbamates (subject to hydrolysis) is 1. The standard InChI is InChI=1S/C22H25N5O4/c1-22(2,3)31-21(30)25-11-12-27-17(16-9-10-24-20(23)26-16)13-15(19(28)29)18(27)14-7-5-4-6-8-14/h4-10,13H,11-12H2,1-3H3,(H,25,30)(H,28,29)(H2,23,24,26). The van der Waals surface area contributed by atoms with E-state index in [1.165, 1.54) is 6.20 Å². The van der Waals surface area contributed by atoms with Crippen LogP contribution >= 0.6 is 0 Å². The van der Waals surface area contributed by atoms with Gasteiger partial charge < -0.3 is 25.5 Å². The topological polar surface area (TPSA) is 132 Å². The number of aromatic nitrogens is 3. The highest BCUT2D eigenvalue weighted by Crippen LogP contribution is 2.32. The largest absolute Gasteiger partial charge is 0.478 e. The van der Waals surface area contributed by atoms with Crippen molar-refractivity contribution >= 4 is 18.0 Å². The van der Waals surface area contributed by atoms with E-state index in [1.807, 2.05) is 30.3 Å². The Morgan fingerprint density at radius 3 is 2.52 bits per heavy atom. The molecule has 9 nitrogen and oxygen atoms in total. The molecule has 3 rings (SSSR count). The van der Waals surface area contributed by atoms with Crippen LogP contribution in [-0.2, 0) is 11.3 Å². The first kappa shape index (κ1) is 21.8. The monoisotopic (exact) mass is 423 g/mol. The third-order valence-corrected chi connectivity index (χ3v) is 4.31. The van der Waals surface area contributed by atoms with Gasteiger partial charge in [0.25, 0.3) is 0 Å². The summed E-state index contributed by atoms with van der Waals surface area (Å²) in [7, 11) is 0. The number of carbonyl (C=O) groups is 2. The molecule has 0 saturated carbocycles. The van der Waals surface area contributed by atoms with Crippen molar-refractivity contribution in [3.63, 3.8) is 0 Å². The number of ether oxygens (including phenoxy) is 1. The Morgan fingerprint density at radius 1 is 1.19 bits per heavy atom. The normalized spacial score (nSPS) is 11.2. The van der Waals surface area contributed by atoms with Gasteiger partial charge in [-0.05, 0) is 38.5 Å². The van der Waals surface area contributed by atoms with Crippen molar-refractivity contribution in [1.82, 2.24) is 19.9 Å². The summed E-state index contributed by atoms with van der Waals surface area (Å²) in [4.78, 5) is 32.2. The number of nitrogen functional groups attached to an aromatic ring is 1. The molecule has 1 aromatic carbocycles. The number of benzene rings is 1. The van der Waals surface area contributed by atoms with Crippen LogP contribution in [0.15, 0.2) is 48.7 Å². The first-order valence-corrected chi connectivity index (χ1v) is 9.73. The number of nitrogens with zero attached hydrogens (tertiary/aromatic N) is 3. The molecule has 0 aliphatic heterocycles. The summed E-state index contributed by atoms with van der Waals surface area (Å²) in [5, 5.41) is 12.6. The van der Waals surface area contributed by atoms with Crippen LogP contribution in [0.1, 0.15) is 31.1 Å². The van der Waals surface area contributed by atoms with Gasteiger partial charge in [-0.2, -0.15) is 0 Å². The fourth-order valence-electron chi connectivity index (χ4n) is 3.16. The molecule has 0 spiro atoms. The molecule has 1 amide bonds. The average Bonchev–Trinajstić information content (AvgIpc) is 3.07. The van der Waals surface area contributed by atoms with E-state index in [4.69, 9.17) is 10.5 Å². The highest BCUT2D eigenvalue weighted by Gasteiger charge is 2.23. The molecule has 0 bridgehead atoms. The Morgan fingerprint density at radius 2 is 1.90 bits per heavy atom. The summed E-state index contributed by atoms with van der Waals surface area (Å²) >= 11 is 0. The van der Waals surface area contributed by atoms with Gasteiger partial charge in [0.1, 0.15) is 5.60 Å². The number of carboxylic acids is 1. The SMILES string of the molecule is CC(C)(C)OC(=O)NCCn1c(-c2ccnc(N)n2)cc(C(=O)O)c1-c1ccccc1. The van der Waals surface area contributed by atoms with Crippen LogP contribution in [0.4, 0.5) is 10.7 Å². The maximum atomic E-state index is 12.0. The number of anilines is 1. The number of aromatic carboxylic acids is 1. The van der Waals surface area contributed by atoms with Gasteiger partial charge >= 0.3 is 12.1 Å². The van der Waals surface area contributed by atoms with E-state index in [0.29, 0.717) is 17.1 Å². The van der Waals surface area contributed by atoms with E-state index in [-0.39, 0.29) is 24.6 Å². The first-order valence-electron chi connectivity index (χ1n) is 9.73. The number of carboxylic acid groups (broad SMARTS) is 1. The van der Waals surface area contributed by atoms with Gasteiger partial charge in [0, 0.05) is 19.3 Å². The highest BCUT2D eigenvalue weighted by atomic mass is 16.6. The molecular formula is C22H25N5O4. The minimum Gasteiger partial charge on any atom is -0.478 e. The highest BCUT2D eigenvalue weighted by molar-refractivity contribution is 5.97. The van der Waals surface area contributed by atoms with Gasteiger partial charge in [-0.3, -0.25) is 0 Å². The van der Waals surface area contributed by atoms with Crippen molar-refractivity contribution in [2.75, 3.05) is 12.3 Å². The van der Waals surface area contributed by atoms with Crippen LogP contribution in [0.25, 0.3) is 22.6 Å². The van der Waals surface area contributed by atoms with Crippen molar-refractivity contribution in [2.45, 2.75) is 32.9 Å². The quantitative estimate of drug-likeness (QED) is 0.553. The van der Waals surface area contributed by atoms with Crippen LogP contribution in [0, 0.1) is 0 Å². The maximum Gasteiger partial charge on any atom is 0.407 e. The molecule has 3 aromatic rings. The van der Waals surface area contributed by atoms with E-state index in [9.17, 15) is 14.7 Å². The molecule has 0 radical (unpaired) electrons. The van der Waals surface area contributed by atoms with Crippen molar-refractivity contribution in [3.05, 3.63) is 54.2 Å². The number of nitrogens with one attached hydrogen (secondary N) is 1. The second kappa shape index (κ2) is 8.86. The second-order valence-electron chi connectivity index (χ2n) is 7.84. The second-order valence-corrected chi connectivity index (χ2v) is 7.84. The summed E-state index contributed by atoms with van der Waals surface area (Å²) in [6.07, 6.45) is 0.962. The number of hydrogen-bond acceptors (Lipinski definition) is 6. The Bertz CT molecular complexity index is 1090. The number of rotatable bonds is 6. The predicted octanol–water partition coefficient (Wildman–Crippen LogP) is 3.42. The van der Waals surface area contributed by atoms with Crippen LogP contribution in [0.2, 0.25) is 0 Å². The smallest absolute Gasteiger partial charge is 0.407 e. The van der Waals surface area contributed by atoms with Crippen LogP contribution in [0.5, 0.6) is 0 Å². The molecule has 2 aromatic heterocycles. The molecule has 0 fully saturated rings. The number of nitrogens with two attached hydrogens (primary N) is 1. The van der Waals surface area contributed by atoms with Gasteiger partial charge in [-0.15, -0.1) is 0 Å². The summed E-state index contributed by atoms with van der Waals surface area (Å²) in [6, 6.07) is 12.4. The molecule has 0 unspecified atom stereocenters. The third-order valence-electron chi connectivity index (χ3n) is 4.31. The molecule has 4 N–H and O–H groups in total. The number of amides is 1. The molecule has 162 valence electrons. The Kier molecular flexibility index (Phi) is 6.24. The fraction of sp³-hybridized carbons (Fsp3) is 0.273. The lowest BCUT2D eigenvalue weighted by Gasteiger charge is -2.20. The third kappa shape index (κ3) is 5.39. The molecule has 2 heterocycles. The molecule has 9 heteroatoms. The predicted molar refractivity (Wildman–Crippen MR) is 117 cm³/mol. The molecule has 0 atom stereocenters. The van der Waals surface area contributed by atoms with Gasteiger partial charge in [0.2, 0.25) is 5.95 Å². The van der Waals surface area contributed by atoms with Crippen molar-refractivity contribution in [3.8, 4) is 22.6 Å².